The number of esters is 2. The lowest BCUT2D eigenvalue weighted by Crippen LogP contribution is -2.41. The fraction of sp³-hybridized carbons (Fsp3) is 0.914. The van der Waals surface area contributed by atoms with Crippen molar-refractivity contribution < 1.29 is 33.3 Å². The summed E-state index contributed by atoms with van der Waals surface area (Å²) in [6.45, 7) is 10.3. The van der Waals surface area contributed by atoms with E-state index in [-0.39, 0.29) is 37.2 Å². The van der Waals surface area contributed by atoms with Gasteiger partial charge in [-0.15, -0.1) is 0 Å². The van der Waals surface area contributed by atoms with E-state index in [0.29, 0.717) is 37.2 Å². The third-order valence-corrected chi connectivity index (χ3v) is 9.69. The molecule has 0 aromatic heterocycles. The van der Waals surface area contributed by atoms with Gasteiger partial charge < -0.3 is 23.8 Å². The van der Waals surface area contributed by atoms with Gasteiger partial charge in [-0.1, -0.05) is 59.3 Å². The van der Waals surface area contributed by atoms with Crippen molar-refractivity contribution in [3.05, 3.63) is 0 Å². The molecule has 1 saturated heterocycles. The summed E-state index contributed by atoms with van der Waals surface area (Å²) in [5, 5.41) is 0. The molecule has 5 atom stereocenters. The Morgan fingerprint density at radius 3 is 2.02 bits per heavy atom. The molecule has 3 rings (SSSR count). The number of hydrogen-bond donors (Lipinski definition) is 0. The summed E-state index contributed by atoms with van der Waals surface area (Å²) in [5.74, 6) is 1.09. The predicted molar refractivity (Wildman–Crippen MR) is 168 cm³/mol. The van der Waals surface area contributed by atoms with Crippen LogP contribution in [0.1, 0.15) is 130 Å². The summed E-state index contributed by atoms with van der Waals surface area (Å²) >= 11 is 0. The summed E-state index contributed by atoms with van der Waals surface area (Å²) in [6, 6.07) is 0. The smallest absolute Gasteiger partial charge is 0.465 e. The van der Waals surface area contributed by atoms with E-state index in [4.69, 9.17) is 18.9 Å². The molecular formula is C35H61NO7. The highest BCUT2D eigenvalue weighted by atomic mass is 16.7. The summed E-state index contributed by atoms with van der Waals surface area (Å²) in [6.07, 6.45) is 17.0. The second kappa shape index (κ2) is 19.5. The maximum atomic E-state index is 13.1. The van der Waals surface area contributed by atoms with Crippen molar-refractivity contribution in [3.8, 4) is 0 Å². The first-order valence-electron chi connectivity index (χ1n) is 17.6. The van der Waals surface area contributed by atoms with Gasteiger partial charge in [0, 0.05) is 13.0 Å². The average Bonchev–Trinajstić information content (AvgIpc) is 3.47. The fourth-order valence-corrected chi connectivity index (χ4v) is 8.02. The van der Waals surface area contributed by atoms with Crippen molar-refractivity contribution in [2.45, 2.75) is 130 Å². The molecule has 1 aliphatic heterocycles. The minimum atomic E-state index is -0.732. The van der Waals surface area contributed by atoms with Gasteiger partial charge in [0.25, 0.3) is 0 Å². The molecule has 43 heavy (non-hydrogen) atoms. The molecule has 2 bridgehead atoms. The molecule has 248 valence electrons. The lowest BCUT2D eigenvalue weighted by Gasteiger charge is -2.49. The standard InChI is InChI=1S/C35H61NO7/c1-4-5-6-7-8-9-10-14-32(37)41-25-31(27-43-34(39)40-18-13-17-36-15-11-12-16-36)26-42-33(38)24-35-21-28(2)19-30(23-35)20-29(3)22-35/h28-31H,4-27H2,1-3H3/t28-,29+,30?,31?,35?. The van der Waals surface area contributed by atoms with Crippen LogP contribution in [0.2, 0.25) is 0 Å². The molecule has 0 amide bonds. The number of unbranched alkanes of at least 4 members (excludes halogenated alkanes) is 6. The lowest BCUT2D eigenvalue weighted by atomic mass is 9.56. The van der Waals surface area contributed by atoms with Gasteiger partial charge in [-0.05, 0) is 94.0 Å². The van der Waals surface area contributed by atoms with E-state index in [9.17, 15) is 14.4 Å². The molecule has 3 fully saturated rings. The Kier molecular flexibility index (Phi) is 16.2. The number of carbonyl (C=O) groups excluding carboxylic acids is 3. The van der Waals surface area contributed by atoms with Crippen molar-refractivity contribution in [1.82, 2.24) is 4.90 Å². The number of hydrogen-bond acceptors (Lipinski definition) is 8. The van der Waals surface area contributed by atoms with Crippen LogP contribution in [-0.2, 0) is 28.5 Å². The molecule has 3 unspecified atom stereocenters. The summed E-state index contributed by atoms with van der Waals surface area (Å²) in [7, 11) is 0. The highest BCUT2D eigenvalue weighted by Gasteiger charge is 2.45. The van der Waals surface area contributed by atoms with Crippen LogP contribution in [0.4, 0.5) is 4.79 Å². The molecular weight excluding hydrogens is 546 g/mol. The van der Waals surface area contributed by atoms with Crippen LogP contribution in [0.5, 0.6) is 0 Å². The van der Waals surface area contributed by atoms with E-state index in [0.717, 1.165) is 64.6 Å². The van der Waals surface area contributed by atoms with Gasteiger partial charge in [0.05, 0.1) is 18.9 Å². The van der Waals surface area contributed by atoms with Crippen LogP contribution >= 0.6 is 0 Å². The number of carbonyl (C=O) groups is 3. The number of fused-ring (bicyclic) bond motifs is 2. The molecule has 2 saturated carbocycles. The zero-order chi connectivity index (χ0) is 30.9. The van der Waals surface area contributed by atoms with Crippen molar-refractivity contribution >= 4 is 18.1 Å². The quantitative estimate of drug-likeness (QED) is 0.0790. The highest BCUT2D eigenvalue weighted by molar-refractivity contribution is 5.70. The fourth-order valence-electron chi connectivity index (χ4n) is 8.02. The molecule has 2 aliphatic carbocycles. The molecule has 0 radical (unpaired) electrons. The van der Waals surface area contributed by atoms with Crippen LogP contribution in [0.3, 0.4) is 0 Å². The third kappa shape index (κ3) is 14.2. The van der Waals surface area contributed by atoms with E-state index in [1.54, 1.807) is 0 Å². The highest BCUT2D eigenvalue weighted by Crippen LogP contribution is 2.54. The zero-order valence-corrected chi connectivity index (χ0v) is 27.6. The number of rotatable bonds is 20. The largest absolute Gasteiger partial charge is 0.508 e. The van der Waals surface area contributed by atoms with Crippen molar-refractivity contribution in [2.24, 2.45) is 29.1 Å². The van der Waals surface area contributed by atoms with Crippen LogP contribution in [0.25, 0.3) is 0 Å². The summed E-state index contributed by atoms with van der Waals surface area (Å²) in [4.78, 5) is 40.1. The third-order valence-electron chi connectivity index (χ3n) is 9.69. The minimum absolute atomic E-state index is 0.0236. The Morgan fingerprint density at radius 2 is 1.35 bits per heavy atom. The van der Waals surface area contributed by atoms with Gasteiger partial charge in [0.15, 0.2) is 0 Å². The van der Waals surface area contributed by atoms with Crippen molar-refractivity contribution in [3.63, 3.8) is 0 Å². The molecule has 0 spiro atoms. The van der Waals surface area contributed by atoms with Gasteiger partial charge in [-0.2, -0.15) is 0 Å². The van der Waals surface area contributed by atoms with Crippen LogP contribution in [-0.4, -0.2) is 69.1 Å². The second-order valence-electron chi connectivity index (χ2n) is 14.3. The van der Waals surface area contributed by atoms with Crippen molar-refractivity contribution in [2.75, 3.05) is 46.1 Å². The lowest BCUT2D eigenvalue weighted by molar-refractivity contribution is -0.153. The number of ether oxygens (including phenoxy) is 4. The van der Waals surface area contributed by atoms with E-state index in [1.165, 1.54) is 51.4 Å². The van der Waals surface area contributed by atoms with Gasteiger partial charge >= 0.3 is 18.1 Å². The molecule has 8 heteroatoms. The Labute approximate surface area is 261 Å². The summed E-state index contributed by atoms with van der Waals surface area (Å²) < 4.78 is 21.9. The van der Waals surface area contributed by atoms with E-state index in [2.05, 4.69) is 25.7 Å². The van der Waals surface area contributed by atoms with Gasteiger partial charge in [-0.25, -0.2) is 4.79 Å². The molecule has 0 aromatic rings. The molecule has 0 N–H and O–H groups in total. The van der Waals surface area contributed by atoms with Crippen LogP contribution in [0, 0.1) is 29.1 Å². The average molecular weight is 608 g/mol. The summed E-state index contributed by atoms with van der Waals surface area (Å²) in [5.41, 5.74) is 0.0327. The molecule has 1 heterocycles. The maximum absolute atomic E-state index is 13.1. The van der Waals surface area contributed by atoms with E-state index < -0.39 is 12.1 Å². The van der Waals surface area contributed by atoms with Gasteiger partial charge in [0.2, 0.25) is 0 Å². The first-order valence-corrected chi connectivity index (χ1v) is 17.6. The Bertz CT molecular complexity index is 807. The number of nitrogens with zero attached hydrogens (tertiary/aromatic N) is 1. The Balaban J connectivity index is 1.41. The Morgan fingerprint density at radius 1 is 0.744 bits per heavy atom. The molecule has 3 aliphatic rings. The SMILES string of the molecule is CCCCCCCCCC(=O)OCC(COC(=O)CC12CC(C[C@@H](C)C1)C[C@H](C)C2)COC(=O)OCCCN1CCCC1. The molecule has 0 aromatic carbocycles. The second-order valence-corrected chi connectivity index (χ2v) is 14.3. The van der Waals surface area contributed by atoms with E-state index >= 15 is 0 Å². The van der Waals surface area contributed by atoms with Crippen molar-refractivity contribution in [1.29, 1.82) is 0 Å². The zero-order valence-electron chi connectivity index (χ0n) is 27.6. The number of likely N-dealkylation sites (tertiary alicyclic amines) is 1. The minimum Gasteiger partial charge on any atom is -0.465 e. The van der Waals surface area contributed by atoms with Crippen LogP contribution < -0.4 is 0 Å². The normalized spacial score (nSPS) is 26.1. The first kappa shape index (κ1) is 35.6. The monoisotopic (exact) mass is 607 g/mol. The van der Waals surface area contributed by atoms with Crippen LogP contribution in [0.15, 0.2) is 0 Å². The Hall–Kier alpha value is -1.83. The first-order chi connectivity index (χ1) is 20.8. The topological polar surface area (TPSA) is 91.4 Å². The van der Waals surface area contributed by atoms with Gasteiger partial charge in [-0.3, -0.25) is 9.59 Å². The van der Waals surface area contributed by atoms with E-state index in [1.807, 2.05) is 0 Å². The molecule has 8 nitrogen and oxygen atoms in total. The van der Waals surface area contributed by atoms with Gasteiger partial charge in [0.1, 0.15) is 19.8 Å². The maximum Gasteiger partial charge on any atom is 0.508 e. The predicted octanol–water partition coefficient (Wildman–Crippen LogP) is 7.71.